The van der Waals surface area contributed by atoms with Crippen molar-refractivity contribution in [3.63, 3.8) is 0 Å². The van der Waals surface area contributed by atoms with Crippen molar-refractivity contribution in [1.29, 1.82) is 0 Å². The molecule has 0 aromatic heterocycles. The van der Waals surface area contributed by atoms with Crippen LogP contribution in [-0.4, -0.2) is 18.8 Å². The highest BCUT2D eigenvalue weighted by Gasteiger charge is 2.20. The molecule has 0 bridgehead atoms. The third-order valence-corrected chi connectivity index (χ3v) is 4.15. The summed E-state index contributed by atoms with van der Waals surface area (Å²) in [5, 5.41) is 0. The van der Waals surface area contributed by atoms with E-state index in [-0.39, 0.29) is 0 Å². The van der Waals surface area contributed by atoms with Gasteiger partial charge in [0.1, 0.15) is 0 Å². The summed E-state index contributed by atoms with van der Waals surface area (Å²) < 4.78 is 5.81. The van der Waals surface area contributed by atoms with E-state index in [4.69, 9.17) is 10.6 Å². The summed E-state index contributed by atoms with van der Waals surface area (Å²) in [5.74, 6) is 5.73. The average Bonchev–Trinajstić information content (AvgIpc) is 2.43. The second kappa shape index (κ2) is 7.04. The van der Waals surface area contributed by atoms with Crippen LogP contribution in [0.5, 0.6) is 0 Å². The molecule has 1 heterocycles. The minimum Gasteiger partial charge on any atom is -0.378 e. The van der Waals surface area contributed by atoms with Crippen molar-refractivity contribution < 1.29 is 4.74 Å². The van der Waals surface area contributed by atoms with Crippen LogP contribution in [0.2, 0.25) is 0 Å². The second-order valence-electron chi connectivity index (χ2n) is 5.66. The summed E-state index contributed by atoms with van der Waals surface area (Å²) in [6.45, 7) is 5.26. The topological polar surface area (TPSA) is 47.3 Å². The first-order valence-electron chi connectivity index (χ1n) is 7.33. The first-order valence-corrected chi connectivity index (χ1v) is 7.33. The lowest BCUT2D eigenvalue weighted by Gasteiger charge is -2.27. The van der Waals surface area contributed by atoms with E-state index in [1.165, 1.54) is 36.0 Å². The Kier molecular flexibility index (Phi) is 5.37. The van der Waals surface area contributed by atoms with Crippen LogP contribution in [0.25, 0.3) is 0 Å². The highest BCUT2D eigenvalue weighted by Crippen LogP contribution is 2.21. The van der Waals surface area contributed by atoms with Gasteiger partial charge in [0.05, 0.1) is 6.10 Å². The minimum atomic E-state index is 0.294. The molecule has 2 rings (SSSR count). The molecule has 1 aliphatic heterocycles. The van der Waals surface area contributed by atoms with Gasteiger partial charge in [-0.25, -0.2) is 0 Å². The average molecular weight is 262 g/mol. The Hall–Kier alpha value is -0.900. The summed E-state index contributed by atoms with van der Waals surface area (Å²) >= 11 is 0. The van der Waals surface area contributed by atoms with E-state index < -0.39 is 0 Å². The number of benzene rings is 1. The van der Waals surface area contributed by atoms with E-state index in [0.717, 1.165) is 19.4 Å². The smallest absolute Gasteiger partial charge is 0.0590 e. The number of hydrazine groups is 1. The fourth-order valence-corrected chi connectivity index (χ4v) is 2.94. The van der Waals surface area contributed by atoms with Crippen LogP contribution in [0.15, 0.2) is 18.2 Å². The number of hydrogen-bond acceptors (Lipinski definition) is 3. The summed E-state index contributed by atoms with van der Waals surface area (Å²) in [7, 11) is 0. The molecule has 0 saturated carbocycles. The van der Waals surface area contributed by atoms with Gasteiger partial charge in [-0.2, -0.15) is 0 Å². The van der Waals surface area contributed by atoms with Crippen molar-refractivity contribution in [2.24, 2.45) is 5.84 Å². The van der Waals surface area contributed by atoms with E-state index >= 15 is 0 Å². The zero-order valence-electron chi connectivity index (χ0n) is 12.1. The molecule has 0 spiro atoms. The number of hydrogen-bond donors (Lipinski definition) is 2. The maximum absolute atomic E-state index is 5.81. The third kappa shape index (κ3) is 4.03. The predicted molar refractivity (Wildman–Crippen MR) is 78.9 cm³/mol. The van der Waals surface area contributed by atoms with Crippen LogP contribution in [-0.2, 0) is 11.2 Å². The maximum Gasteiger partial charge on any atom is 0.0590 e. The molecule has 2 unspecified atom stereocenters. The molecule has 2 atom stereocenters. The Labute approximate surface area is 116 Å². The number of aryl methyl sites for hydroxylation is 2. The van der Waals surface area contributed by atoms with Gasteiger partial charge >= 0.3 is 0 Å². The predicted octanol–water partition coefficient (Wildman–Crippen LogP) is 2.64. The Morgan fingerprint density at radius 2 is 2.05 bits per heavy atom. The SMILES string of the molecule is Cc1cccc(C)c1CC(CC1CCCCO1)NN. The van der Waals surface area contributed by atoms with Gasteiger partial charge in [0, 0.05) is 12.6 Å². The minimum absolute atomic E-state index is 0.294. The lowest BCUT2D eigenvalue weighted by atomic mass is 9.93. The molecular weight excluding hydrogens is 236 g/mol. The summed E-state index contributed by atoms with van der Waals surface area (Å²) in [6.07, 6.45) is 6.02. The molecule has 19 heavy (non-hydrogen) atoms. The van der Waals surface area contributed by atoms with Crippen molar-refractivity contribution in [3.8, 4) is 0 Å². The van der Waals surface area contributed by atoms with E-state index in [9.17, 15) is 0 Å². The maximum atomic E-state index is 5.81. The summed E-state index contributed by atoms with van der Waals surface area (Å²) in [5.41, 5.74) is 7.09. The van der Waals surface area contributed by atoms with Crippen LogP contribution < -0.4 is 11.3 Å². The first kappa shape index (κ1) is 14.5. The largest absolute Gasteiger partial charge is 0.378 e. The highest BCUT2D eigenvalue weighted by molar-refractivity contribution is 5.34. The number of nitrogens with one attached hydrogen (secondary N) is 1. The molecule has 0 radical (unpaired) electrons. The fraction of sp³-hybridized carbons (Fsp3) is 0.625. The van der Waals surface area contributed by atoms with Crippen LogP contribution in [0, 0.1) is 13.8 Å². The zero-order chi connectivity index (χ0) is 13.7. The van der Waals surface area contributed by atoms with Crippen molar-refractivity contribution in [2.75, 3.05) is 6.61 Å². The lowest BCUT2D eigenvalue weighted by molar-refractivity contribution is 0.00522. The van der Waals surface area contributed by atoms with Crippen molar-refractivity contribution in [2.45, 2.75) is 58.1 Å². The van der Waals surface area contributed by atoms with E-state index in [2.05, 4.69) is 37.5 Å². The van der Waals surface area contributed by atoms with Gasteiger partial charge in [0.15, 0.2) is 0 Å². The highest BCUT2D eigenvalue weighted by atomic mass is 16.5. The lowest BCUT2D eigenvalue weighted by Crippen LogP contribution is -2.40. The molecule has 1 aliphatic rings. The number of nitrogens with two attached hydrogens (primary N) is 1. The van der Waals surface area contributed by atoms with Crippen molar-refractivity contribution >= 4 is 0 Å². The van der Waals surface area contributed by atoms with E-state index in [0.29, 0.717) is 12.1 Å². The Bertz CT molecular complexity index is 379. The molecule has 1 fully saturated rings. The molecular formula is C16H26N2O. The van der Waals surface area contributed by atoms with Crippen LogP contribution >= 0.6 is 0 Å². The molecule has 0 amide bonds. The van der Waals surface area contributed by atoms with E-state index in [1.807, 2.05) is 0 Å². The molecule has 3 nitrogen and oxygen atoms in total. The summed E-state index contributed by atoms with van der Waals surface area (Å²) in [6, 6.07) is 6.76. The molecule has 1 aromatic carbocycles. The van der Waals surface area contributed by atoms with Gasteiger partial charge in [0.2, 0.25) is 0 Å². The van der Waals surface area contributed by atoms with E-state index in [1.54, 1.807) is 0 Å². The van der Waals surface area contributed by atoms with Gasteiger partial charge in [-0.05, 0) is 62.6 Å². The van der Waals surface area contributed by atoms with Gasteiger partial charge < -0.3 is 4.74 Å². The molecule has 106 valence electrons. The van der Waals surface area contributed by atoms with Gasteiger partial charge in [-0.1, -0.05) is 18.2 Å². The van der Waals surface area contributed by atoms with Crippen LogP contribution in [0.3, 0.4) is 0 Å². The molecule has 3 N–H and O–H groups in total. The Morgan fingerprint density at radius 3 is 2.63 bits per heavy atom. The molecule has 3 heteroatoms. The fourth-order valence-electron chi connectivity index (χ4n) is 2.94. The Morgan fingerprint density at radius 1 is 1.32 bits per heavy atom. The van der Waals surface area contributed by atoms with Gasteiger partial charge in [0.25, 0.3) is 0 Å². The van der Waals surface area contributed by atoms with Gasteiger partial charge in [-0.15, -0.1) is 0 Å². The monoisotopic (exact) mass is 262 g/mol. The zero-order valence-corrected chi connectivity index (χ0v) is 12.1. The summed E-state index contributed by atoms with van der Waals surface area (Å²) in [4.78, 5) is 0. The molecule has 0 aliphatic carbocycles. The van der Waals surface area contributed by atoms with Crippen molar-refractivity contribution in [3.05, 3.63) is 34.9 Å². The normalized spacial score (nSPS) is 21.3. The second-order valence-corrected chi connectivity index (χ2v) is 5.66. The van der Waals surface area contributed by atoms with Crippen LogP contribution in [0.1, 0.15) is 42.4 Å². The number of ether oxygens (including phenoxy) is 1. The van der Waals surface area contributed by atoms with Crippen LogP contribution in [0.4, 0.5) is 0 Å². The van der Waals surface area contributed by atoms with Crippen molar-refractivity contribution in [1.82, 2.24) is 5.43 Å². The first-order chi connectivity index (χ1) is 9.20. The quantitative estimate of drug-likeness (QED) is 0.633. The molecule has 1 aromatic rings. The van der Waals surface area contributed by atoms with Gasteiger partial charge in [-0.3, -0.25) is 11.3 Å². The standard InChI is InChI=1S/C16H26N2O/c1-12-6-5-7-13(2)16(12)11-14(18-17)10-15-8-3-4-9-19-15/h5-7,14-15,18H,3-4,8-11,17H2,1-2H3. The molecule has 1 saturated heterocycles. The third-order valence-electron chi connectivity index (χ3n) is 4.15. The number of rotatable bonds is 5. The Balaban J connectivity index is 1.98.